The fourth-order valence-electron chi connectivity index (χ4n) is 6.57. The Morgan fingerprint density at radius 2 is 0.379 bits per heavy atom. The van der Waals surface area contributed by atoms with E-state index in [1.807, 2.05) is 21.1 Å². The Morgan fingerprint density at radius 3 is 0.586 bits per heavy atom. The molecule has 0 aromatic rings. The Balaban J connectivity index is 5.27. The fourth-order valence-corrected chi connectivity index (χ4v) is 6.57. The van der Waals surface area contributed by atoms with Crippen LogP contribution < -0.4 is 0 Å². The standard InChI is InChI=1S/C41H93N11O6/c1-8-9-42(2)12-18-49(25-24-48(19-16-46(6)31-37-54)20-17-47(7)32-38-55)26-27-52(35-41-58)29-28-51(34-40-57)23-15-44(4)14-22-50(33-39-56)21-13-43(3)10-11-45(5)30-36-53/h1,53-58H,8-41H2,2-7H3. The van der Waals surface area contributed by atoms with E-state index in [2.05, 4.69) is 75.0 Å². The van der Waals surface area contributed by atoms with Gasteiger partial charge >= 0.3 is 0 Å². The van der Waals surface area contributed by atoms with Gasteiger partial charge in [0.2, 0.25) is 0 Å². The van der Waals surface area contributed by atoms with Gasteiger partial charge in [-0.1, -0.05) is 0 Å². The maximum atomic E-state index is 10.0. The van der Waals surface area contributed by atoms with Gasteiger partial charge in [-0.25, -0.2) is 0 Å². The third-order valence-corrected chi connectivity index (χ3v) is 11.1. The van der Waals surface area contributed by atoms with Crippen LogP contribution in [0.2, 0.25) is 0 Å². The second-order valence-corrected chi connectivity index (χ2v) is 16.2. The molecule has 2 radical (unpaired) electrons. The van der Waals surface area contributed by atoms with Crippen molar-refractivity contribution in [3.8, 4) is 0 Å². The molecule has 0 aromatic heterocycles. The Hall–Kier alpha value is -0.680. The summed E-state index contributed by atoms with van der Waals surface area (Å²) in [5.41, 5.74) is 0. The van der Waals surface area contributed by atoms with Crippen LogP contribution in [0.3, 0.4) is 0 Å². The SMILES string of the molecule is [CH]CCN(C)CCN(CCN(CCN(C)CCO)CCN(C)CCO)CCN(CCO)CCN(CCO)CCN(C)CCN(CCO)CCN(C)CCN(C)CCO. The summed E-state index contributed by atoms with van der Waals surface area (Å²) < 4.78 is 0. The zero-order chi connectivity index (χ0) is 43.4. The summed E-state index contributed by atoms with van der Waals surface area (Å²) in [6, 6.07) is 0. The Kier molecular flexibility index (Phi) is 38.7. The maximum absolute atomic E-state index is 10.0. The van der Waals surface area contributed by atoms with Gasteiger partial charge in [0.25, 0.3) is 0 Å². The highest BCUT2D eigenvalue weighted by Crippen LogP contribution is 2.01. The molecule has 0 bridgehead atoms. The molecule has 0 unspecified atom stereocenters. The van der Waals surface area contributed by atoms with Gasteiger partial charge in [-0.15, -0.1) is 0 Å². The van der Waals surface area contributed by atoms with E-state index in [1.165, 1.54) is 0 Å². The van der Waals surface area contributed by atoms with Crippen molar-refractivity contribution in [2.45, 2.75) is 6.42 Å². The third-order valence-electron chi connectivity index (χ3n) is 11.1. The van der Waals surface area contributed by atoms with Gasteiger partial charge in [-0.2, -0.15) is 0 Å². The van der Waals surface area contributed by atoms with Crippen LogP contribution in [0, 0.1) is 6.92 Å². The van der Waals surface area contributed by atoms with E-state index in [0.717, 1.165) is 137 Å². The molecular formula is C41H93N11O6. The minimum atomic E-state index is 0.0966. The molecule has 6 N–H and O–H groups in total. The minimum Gasteiger partial charge on any atom is -0.395 e. The molecule has 0 spiro atoms. The normalized spacial score (nSPS) is 12.8. The van der Waals surface area contributed by atoms with Crippen LogP contribution in [-0.4, -0.2) is 343 Å². The van der Waals surface area contributed by atoms with Crippen LogP contribution in [0.4, 0.5) is 0 Å². The van der Waals surface area contributed by atoms with Crippen LogP contribution in [-0.2, 0) is 0 Å². The van der Waals surface area contributed by atoms with Gasteiger partial charge in [0.15, 0.2) is 0 Å². The molecule has 0 aromatic carbocycles. The maximum Gasteiger partial charge on any atom is 0.0558 e. The van der Waals surface area contributed by atoms with Crippen molar-refractivity contribution >= 4 is 0 Å². The first-order chi connectivity index (χ1) is 27.9. The molecular weight excluding hydrogens is 743 g/mol. The number of nitrogens with zero attached hydrogens (tertiary/aromatic N) is 11. The van der Waals surface area contributed by atoms with Gasteiger partial charge in [-0.05, 0) is 62.2 Å². The predicted molar refractivity (Wildman–Crippen MR) is 239 cm³/mol. The number of likely N-dealkylation sites (N-methyl/N-ethyl adjacent to an activating group) is 6. The van der Waals surface area contributed by atoms with Crippen molar-refractivity contribution in [1.82, 2.24) is 53.9 Å². The van der Waals surface area contributed by atoms with Crippen molar-refractivity contribution in [2.75, 3.05) is 259 Å². The molecule has 0 aliphatic carbocycles. The third kappa shape index (κ3) is 33.0. The largest absolute Gasteiger partial charge is 0.395 e. The Morgan fingerprint density at radius 1 is 0.224 bits per heavy atom. The van der Waals surface area contributed by atoms with Crippen molar-refractivity contribution < 1.29 is 30.6 Å². The lowest BCUT2D eigenvalue weighted by Crippen LogP contribution is -2.47. The fraction of sp³-hybridized carbons (Fsp3) is 0.976. The first kappa shape index (κ1) is 57.3. The highest BCUT2D eigenvalue weighted by Gasteiger charge is 2.16. The molecule has 58 heavy (non-hydrogen) atoms. The van der Waals surface area contributed by atoms with Crippen LogP contribution in [0.25, 0.3) is 0 Å². The number of aliphatic hydroxyl groups is 6. The first-order valence-corrected chi connectivity index (χ1v) is 22.0. The average Bonchev–Trinajstić information content (AvgIpc) is 3.19. The smallest absolute Gasteiger partial charge is 0.0558 e. The predicted octanol–water partition coefficient (Wildman–Crippen LogP) is -3.86. The summed E-state index contributed by atoms with van der Waals surface area (Å²) in [4.78, 5) is 25.3. The van der Waals surface area contributed by atoms with Crippen LogP contribution in [0.5, 0.6) is 0 Å². The summed E-state index contributed by atoms with van der Waals surface area (Å²) in [6.07, 6.45) is 0.628. The van der Waals surface area contributed by atoms with Gasteiger partial charge in [0.05, 0.1) is 39.6 Å². The summed E-state index contributed by atoms with van der Waals surface area (Å²) in [7, 11) is 12.5. The molecule has 0 amide bonds. The van der Waals surface area contributed by atoms with E-state index in [1.54, 1.807) is 0 Å². The molecule has 17 nitrogen and oxygen atoms in total. The van der Waals surface area contributed by atoms with E-state index in [-0.39, 0.29) is 39.6 Å². The quantitative estimate of drug-likeness (QED) is 0.0355. The van der Waals surface area contributed by atoms with Crippen molar-refractivity contribution in [2.24, 2.45) is 0 Å². The average molecular weight is 836 g/mol. The van der Waals surface area contributed by atoms with Gasteiger partial charge in [0.1, 0.15) is 0 Å². The second-order valence-electron chi connectivity index (χ2n) is 16.2. The van der Waals surface area contributed by atoms with E-state index >= 15 is 0 Å². The first-order valence-electron chi connectivity index (χ1n) is 22.0. The molecule has 348 valence electrons. The molecule has 17 heteroatoms. The van der Waals surface area contributed by atoms with Crippen molar-refractivity contribution in [3.63, 3.8) is 0 Å². The highest BCUT2D eigenvalue weighted by atomic mass is 16.3. The Bertz CT molecular complexity index is 863. The van der Waals surface area contributed by atoms with Gasteiger partial charge < -0.3 is 60.0 Å². The van der Waals surface area contributed by atoms with E-state index in [4.69, 9.17) is 12.0 Å². The van der Waals surface area contributed by atoms with Crippen LogP contribution in [0.15, 0.2) is 0 Å². The highest BCUT2D eigenvalue weighted by molar-refractivity contribution is 4.73. The van der Waals surface area contributed by atoms with Crippen molar-refractivity contribution in [1.29, 1.82) is 0 Å². The summed E-state index contributed by atoms with van der Waals surface area (Å²) in [6.45, 7) is 29.0. The van der Waals surface area contributed by atoms with Crippen molar-refractivity contribution in [3.05, 3.63) is 6.92 Å². The second kappa shape index (κ2) is 39.2. The zero-order valence-corrected chi connectivity index (χ0v) is 38.2. The number of rotatable bonds is 44. The molecule has 0 saturated heterocycles. The minimum absolute atomic E-state index is 0.0966. The van der Waals surface area contributed by atoms with E-state index in [0.29, 0.717) is 45.7 Å². The topological polar surface area (TPSA) is 157 Å². The summed E-state index contributed by atoms with van der Waals surface area (Å²) in [5, 5.41) is 57.6. The lowest BCUT2D eigenvalue weighted by molar-refractivity contribution is 0.119. The van der Waals surface area contributed by atoms with E-state index < -0.39 is 0 Å². The molecule has 0 aliphatic heterocycles. The Labute approximate surface area is 355 Å². The van der Waals surface area contributed by atoms with Crippen LogP contribution in [0.1, 0.15) is 6.42 Å². The lowest BCUT2D eigenvalue weighted by Gasteiger charge is -2.33. The lowest BCUT2D eigenvalue weighted by atomic mass is 10.3. The molecule has 0 fully saturated rings. The number of hydrogen-bond acceptors (Lipinski definition) is 17. The van der Waals surface area contributed by atoms with Gasteiger partial charge in [0, 0.05) is 170 Å². The number of hydrogen-bond donors (Lipinski definition) is 6. The molecule has 0 heterocycles. The zero-order valence-electron chi connectivity index (χ0n) is 38.2. The van der Waals surface area contributed by atoms with E-state index in [9.17, 15) is 25.5 Å². The van der Waals surface area contributed by atoms with Crippen LogP contribution >= 0.6 is 0 Å². The van der Waals surface area contributed by atoms with Gasteiger partial charge in [-0.3, -0.25) is 24.5 Å². The molecule has 0 saturated carbocycles. The number of aliphatic hydroxyl groups excluding tert-OH is 6. The molecule has 0 rings (SSSR count). The summed E-state index contributed by atoms with van der Waals surface area (Å²) in [5.74, 6) is 0. The molecule has 0 aliphatic rings. The monoisotopic (exact) mass is 836 g/mol. The molecule has 0 atom stereocenters. The summed E-state index contributed by atoms with van der Waals surface area (Å²) >= 11 is 0.